The normalized spacial score (nSPS) is 11.9. The first-order valence-electron chi connectivity index (χ1n) is 8.96. The van der Waals surface area contributed by atoms with Crippen molar-refractivity contribution in [2.45, 2.75) is 13.5 Å². The number of rotatable bonds is 5. The molecule has 0 aliphatic carbocycles. The zero-order chi connectivity index (χ0) is 20.4. The van der Waals surface area contributed by atoms with E-state index in [1.54, 1.807) is 56.5 Å². The molecule has 1 N–H and O–H groups in total. The highest BCUT2D eigenvalue weighted by molar-refractivity contribution is 5.91. The van der Waals surface area contributed by atoms with Crippen molar-refractivity contribution in [1.29, 1.82) is 0 Å². The Bertz CT molecular complexity index is 1120. The molecule has 3 aromatic rings. The van der Waals surface area contributed by atoms with Gasteiger partial charge in [0, 0.05) is 29.1 Å². The molecule has 1 aromatic heterocycles. The quantitative estimate of drug-likeness (QED) is 0.716. The van der Waals surface area contributed by atoms with Crippen LogP contribution in [-0.4, -0.2) is 29.4 Å². The zero-order valence-electron chi connectivity index (χ0n) is 16.0. The molecule has 4 rings (SSSR count). The van der Waals surface area contributed by atoms with Crippen LogP contribution in [0.1, 0.15) is 5.69 Å². The second-order valence-corrected chi connectivity index (χ2v) is 6.49. The Labute approximate surface area is 166 Å². The number of nitrogens with zero attached hydrogens (tertiary/aromatic N) is 2. The number of aromatic nitrogens is 2. The summed E-state index contributed by atoms with van der Waals surface area (Å²) in [6.07, 6.45) is 0. The first-order chi connectivity index (χ1) is 14.0. The van der Waals surface area contributed by atoms with E-state index in [1.807, 2.05) is 0 Å². The monoisotopic (exact) mass is 393 g/mol. The minimum absolute atomic E-state index is 0.155. The van der Waals surface area contributed by atoms with Gasteiger partial charge in [0.25, 0.3) is 5.56 Å². The third-order valence-corrected chi connectivity index (χ3v) is 4.44. The number of carbonyl (C=O) groups excluding carboxylic acids is 1. The molecule has 0 radical (unpaired) electrons. The van der Waals surface area contributed by atoms with Crippen LogP contribution in [-0.2, 0) is 11.3 Å². The Balaban J connectivity index is 1.60. The average molecular weight is 393 g/mol. The average Bonchev–Trinajstić information content (AvgIpc) is 3.18. The van der Waals surface area contributed by atoms with E-state index in [0.717, 1.165) is 0 Å². The first-order valence-corrected chi connectivity index (χ1v) is 8.96. The highest BCUT2D eigenvalue weighted by atomic mass is 16.7. The summed E-state index contributed by atoms with van der Waals surface area (Å²) in [5, 5.41) is 2.78. The van der Waals surface area contributed by atoms with Crippen LogP contribution in [0.3, 0.4) is 0 Å². The van der Waals surface area contributed by atoms with E-state index >= 15 is 0 Å². The van der Waals surface area contributed by atoms with Gasteiger partial charge in [0.1, 0.15) is 18.1 Å². The molecule has 1 amide bonds. The van der Waals surface area contributed by atoms with Crippen molar-refractivity contribution in [1.82, 2.24) is 9.55 Å². The number of carbonyl (C=O) groups is 1. The number of hydrogen-bond acceptors (Lipinski definition) is 6. The minimum atomic E-state index is -0.355. The predicted octanol–water partition coefficient (Wildman–Crippen LogP) is 2.59. The summed E-state index contributed by atoms with van der Waals surface area (Å²) in [6.45, 7) is 1.72. The number of amides is 1. The number of hydrogen-bond donors (Lipinski definition) is 1. The number of ether oxygens (including phenoxy) is 3. The summed E-state index contributed by atoms with van der Waals surface area (Å²) in [7, 11) is 1.58. The summed E-state index contributed by atoms with van der Waals surface area (Å²) < 4.78 is 17.1. The summed E-state index contributed by atoms with van der Waals surface area (Å²) in [4.78, 5) is 29.7. The molecule has 8 nitrogen and oxygen atoms in total. The van der Waals surface area contributed by atoms with Gasteiger partial charge in [-0.15, -0.1) is 0 Å². The van der Waals surface area contributed by atoms with Gasteiger partial charge in [0.05, 0.1) is 7.11 Å². The molecular weight excluding hydrogens is 374 g/mol. The fourth-order valence-electron chi connectivity index (χ4n) is 3.05. The van der Waals surface area contributed by atoms with Crippen LogP contribution < -0.4 is 25.1 Å². The van der Waals surface area contributed by atoms with Crippen LogP contribution in [0.4, 0.5) is 5.69 Å². The lowest BCUT2D eigenvalue weighted by atomic mass is 10.2. The zero-order valence-corrected chi connectivity index (χ0v) is 16.0. The first kappa shape index (κ1) is 18.5. The van der Waals surface area contributed by atoms with Gasteiger partial charge < -0.3 is 19.5 Å². The molecule has 148 valence electrons. The molecule has 0 fully saturated rings. The number of fused-ring (bicyclic) bond motifs is 1. The van der Waals surface area contributed by atoms with Gasteiger partial charge in [-0.3, -0.25) is 14.2 Å². The summed E-state index contributed by atoms with van der Waals surface area (Å²) in [6, 6.07) is 13.7. The number of methoxy groups -OCH3 is 1. The number of aryl methyl sites for hydroxylation is 1. The molecule has 0 saturated heterocycles. The molecule has 0 spiro atoms. The lowest BCUT2D eigenvalue weighted by Gasteiger charge is -2.13. The summed E-state index contributed by atoms with van der Waals surface area (Å²) in [5.41, 5.74) is 1.54. The van der Waals surface area contributed by atoms with Crippen molar-refractivity contribution < 1.29 is 19.0 Å². The Morgan fingerprint density at radius 3 is 2.66 bits per heavy atom. The second kappa shape index (κ2) is 7.67. The smallest absolute Gasteiger partial charge is 0.254 e. The fraction of sp³-hybridized carbons (Fsp3) is 0.190. The maximum absolute atomic E-state index is 12.6. The van der Waals surface area contributed by atoms with Crippen LogP contribution in [0.5, 0.6) is 17.2 Å². The molecule has 1 aliphatic heterocycles. The Hall–Kier alpha value is -3.81. The van der Waals surface area contributed by atoms with Gasteiger partial charge >= 0.3 is 0 Å². The Morgan fingerprint density at radius 1 is 1.14 bits per heavy atom. The highest BCUT2D eigenvalue weighted by Gasteiger charge is 2.16. The van der Waals surface area contributed by atoms with E-state index < -0.39 is 0 Å². The minimum Gasteiger partial charge on any atom is -0.497 e. The molecule has 0 bridgehead atoms. The maximum atomic E-state index is 12.6. The molecular formula is C21H19N3O5. The molecule has 8 heteroatoms. The third-order valence-electron chi connectivity index (χ3n) is 4.44. The van der Waals surface area contributed by atoms with Crippen molar-refractivity contribution >= 4 is 11.6 Å². The number of nitrogens with one attached hydrogen (secondary N) is 1. The summed E-state index contributed by atoms with van der Waals surface area (Å²) in [5.74, 6) is 1.94. The van der Waals surface area contributed by atoms with E-state index in [2.05, 4.69) is 10.3 Å². The van der Waals surface area contributed by atoms with Crippen LogP contribution in [0.15, 0.2) is 53.3 Å². The molecule has 0 unspecified atom stereocenters. The van der Waals surface area contributed by atoms with Crippen molar-refractivity contribution in [2.24, 2.45) is 0 Å². The van der Waals surface area contributed by atoms with Crippen LogP contribution in [0.2, 0.25) is 0 Å². The van der Waals surface area contributed by atoms with E-state index in [1.165, 1.54) is 10.6 Å². The lowest BCUT2D eigenvalue weighted by molar-refractivity contribution is -0.116. The van der Waals surface area contributed by atoms with Gasteiger partial charge in [-0.25, -0.2) is 4.98 Å². The third kappa shape index (κ3) is 3.91. The van der Waals surface area contributed by atoms with Crippen LogP contribution in [0.25, 0.3) is 11.4 Å². The van der Waals surface area contributed by atoms with Gasteiger partial charge in [-0.2, -0.15) is 0 Å². The second-order valence-electron chi connectivity index (χ2n) is 6.49. The summed E-state index contributed by atoms with van der Waals surface area (Å²) >= 11 is 0. The molecule has 2 aromatic carbocycles. The molecule has 29 heavy (non-hydrogen) atoms. The van der Waals surface area contributed by atoms with Crippen molar-refractivity contribution in [3.8, 4) is 28.6 Å². The van der Waals surface area contributed by atoms with Crippen molar-refractivity contribution in [3.05, 3.63) is 64.6 Å². The van der Waals surface area contributed by atoms with Gasteiger partial charge in [-0.1, -0.05) is 0 Å². The van der Waals surface area contributed by atoms with E-state index in [0.29, 0.717) is 40.0 Å². The van der Waals surface area contributed by atoms with Crippen LogP contribution >= 0.6 is 0 Å². The predicted molar refractivity (Wildman–Crippen MR) is 106 cm³/mol. The van der Waals surface area contributed by atoms with E-state index in [9.17, 15) is 9.59 Å². The number of anilines is 1. The number of benzene rings is 2. The van der Waals surface area contributed by atoms with E-state index in [-0.39, 0.29) is 24.8 Å². The Kier molecular flexibility index (Phi) is 4.90. The Morgan fingerprint density at radius 2 is 1.90 bits per heavy atom. The molecule has 2 heterocycles. The topological polar surface area (TPSA) is 91.7 Å². The highest BCUT2D eigenvalue weighted by Crippen LogP contribution is 2.34. The van der Waals surface area contributed by atoms with Gasteiger partial charge in [-0.05, 0) is 43.3 Å². The van der Waals surface area contributed by atoms with Crippen LogP contribution in [0, 0.1) is 6.92 Å². The van der Waals surface area contributed by atoms with Gasteiger partial charge in [0.15, 0.2) is 11.5 Å². The standard InChI is InChI=1S/C21H19N3O5/c1-13-9-20(26)24(21(22-13)14-3-6-16(27-2)7-4-14)11-19(25)23-15-5-8-17-18(10-15)29-12-28-17/h3-10H,11-12H2,1-2H3,(H,23,25). The largest absolute Gasteiger partial charge is 0.497 e. The SMILES string of the molecule is COc1ccc(-c2nc(C)cc(=O)n2CC(=O)Nc2ccc3c(c2)OCO3)cc1. The lowest BCUT2D eigenvalue weighted by Crippen LogP contribution is -2.29. The van der Waals surface area contributed by atoms with Gasteiger partial charge in [0.2, 0.25) is 12.7 Å². The fourth-order valence-corrected chi connectivity index (χ4v) is 3.05. The maximum Gasteiger partial charge on any atom is 0.254 e. The molecule has 0 atom stereocenters. The van der Waals surface area contributed by atoms with Crippen molar-refractivity contribution in [2.75, 3.05) is 19.2 Å². The molecule has 0 saturated carbocycles. The van der Waals surface area contributed by atoms with E-state index in [4.69, 9.17) is 14.2 Å². The van der Waals surface area contributed by atoms with Crippen molar-refractivity contribution in [3.63, 3.8) is 0 Å². The molecule has 1 aliphatic rings.